The van der Waals surface area contributed by atoms with Crippen LogP contribution < -0.4 is 0 Å². The van der Waals surface area contributed by atoms with Crippen molar-refractivity contribution in [3.8, 4) is 45.1 Å². The van der Waals surface area contributed by atoms with Crippen LogP contribution in [0.4, 0.5) is 0 Å². The molecule has 0 atom stereocenters. The van der Waals surface area contributed by atoms with Crippen LogP contribution in [0.25, 0.3) is 61.3 Å². The molecule has 0 aliphatic heterocycles. The van der Waals surface area contributed by atoms with Gasteiger partial charge in [0.15, 0.2) is 0 Å². The molecule has 4 aromatic carbocycles. The van der Waals surface area contributed by atoms with E-state index in [4.69, 9.17) is 9.97 Å². The van der Waals surface area contributed by atoms with Crippen LogP contribution in [-0.2, 0) is 6.42 Å². The smallest absolute Gasteiger partial charge is 0.145 e. The van der Waals surface area contributed by atoms with E-state index in [0.717, 1.165) is 62.3 Å². The molecular weight excluding hydrogens is 514 g/mol. The minimum absolute atomic E-state index is 0.222. The molecule has 0 unspecified atom stereocenters. The first-order valence-electron chi connectivity index (χ1n) is 14.4. The average molecular weight is 546 g/mol. The minimum atomic E-state index is 0.222. The molecule has 3 heterocycles. The van der Waals surface area contributed by atoms with Crippen molar-refractivity contribution in [2.75, 3.05) is 0 Å². The van der Waals surface area contributed by atoms with Crippen LogP contribution >= 0.6 is 0 Å². The molecule has 4 nitrogen and oxygen atoms in total. The van der Waals surface area contributed by atoms with Crippen LogP contribution in [-0.4, -0.2) is 19.6 Å². The fourth-order valence-electron chi connectivity index (χ4n) is 5.88. The third-order valence-corrected chi connectivity index (χ3v) is 7.74. The van der Waals surface area contributed by atoms with Crippen molar-refractivity contribution in [3.05, 3.63) is 133 Å². The molecule has 1 N–H and O–H groups in total. The number of aromatic hydroxyl groups is 1. The van der Waals surface area contributed by atoms with Crippen LogP contribution in [0.2, 0.25) is 0 Å². The van der Waals surface area contributed by atoms with Crippen molar-refractivity contribution in [1.29, 1.82) is 0 Å². The summed E-state index contributed by atoms with van der Waals surface area (Å²) in [5.41, 5.74) is 9.81. The summed E-state index contributed by atoms with van der Waals surface area (Å²) in [6.45, 7) is 4.45. The SMILES string of the molecule is CC(C)Cc1cc(-c2cccc(-n3c4ccccc4c4cccnc43)c2)nc(-c2cc(-c3ccccc3)ccc2O)c1. The molecule has 7 aromatic rings. The van der Waals surface area contributed by atoms with E-state index in [0.29, 0.717) is 5.92 Å². The predicted octanol–water partition coefficient (Wildman–Crippen LogP) is 9.48. The molecule has 0 amide bonds. The van der Waals surface area contributed by atoms with Gasteiger partial charge in [-0.15, -0.1) is 0 Å². The van der Waals surface area contributed by atoms with Gasteiger partial charge in [-0.1, -0.05) is 80.6 Å². The largest absolute Gasteiger partial charge is 0.507 e. The van der Waals surface area contributed by atoms with Gasteiger partial charge in [-0.25, -0.2) is 9.97 Å². The summed E-state index contributed by atoms with van der Waals surface area (Å²) in [5.74, 6) is 0.701. The highest BCUT2D eigenvalue weighted by Crippen LogP contribution is 2.36. The van der Waals surface area contributed by atoms with E-state index in [2.05, 4.69) is 97.3 Å². The fraction of sp³-hybridized carbons (Fsp3) is 0.105. The third kappa shape index (κ3) is 4.71. The Hall–Kier alpha value is -5.22. The van der Waals surface area contributed by atoms with E-state index >= 15 is 0 Å². The second-order valence-corrected chi connectivity index (χ2v) is 11.2. The van der Waals surface area contributed by atoms with Crippen LogP contribution in [0.15, 0.2) is 128 Å². The molecular formula is C38H31N3O. The summed E-state index contributed by atoms with van der Waals surface area (Å²) >= 11 is 0. The quantitative estimate of drug-likeness (QED) is 0.226. The maximum atomic E-state index is 11.0. The first-order valence-corrected chi connectivity index (χ1v) is 14.4. The first kappa shape index (κ1) is 25.7. The summed E-state index contributed by atoms with van der Waals surface area (Å²) in [4.78, 5) is 9.90. The lowest BCUT2D eigenvalue weighted by Crippen LogP contribution is -1.99. The number of para-hydroxylation sites is 1. The van der Waals surface area contributed by atoms with E-state index in [-0.39, 0.29) is 5.75 Å². The van der Waals surface area contributed by atoms with Crippen LogP contribution in [0.5, 0.6) is 5.75 Å². The molecule has 4 heteroatoms. The highest BCUT2D eigenvalue weighted by Gasteiger charge is 2.16. The lowest BCUT2D eigenvalue weighted by molar-refractivity contribution is 0.477. The van der Waals surface area contributed by atoms with Crippen molar-refractivity contribution in [2.45, 2.75) is 20.3 Å². The molecule has 7 rings (SSSR count). The van der Waals surface area contributed by atoms with Crippen molar-refractivity contribution in [2.24, 2.45) is 5.92 Å². The summed E-state index contributed by atoms with van der Waals surface area (Å²) in [5, 5.41) is 13.3. The van der Waals surface area contributed by atoms with Crippen molar-refractivity contribution in [3.63, 3.8) is 0 Å². The predicted molar refractivity (Wildman–Crippen MR) is 173 cm³/mol. The van der Waals surface area contributed by atoms with Crippen LogP contribution in [0.3, 0.4) is 0 Å². The van der Waals surface area contributed by atoms with Gasteiger partial charge in [0.2, 0.25) is 0 Å². The Balaban J connectivity index is 1.39. The number of aromatic nitrogens is 3. The summed E-state index contributed by atoms with van der Waals surface area (Å²) < 4.78 is 2.22. The lowest BCUT2D eigenvalue weighted by atomic mass is 9.96. The summed E-state index contributed by atoms with van der Waals surface area (Å²) in [6, 6.07) is 41.4. The van der Waals surface area contributed by atoms with E-state index in [1.165, 1.54) is 10.9 Å². The Morgan fingerprint density at radius 3 is 2.29 bits per heavy atom. The molecule has 0 saturated heterocycles. The zero-order chi connectivity index (χ0) is 28.6. The van der Waals surface area contributed by atoms with Gasteiger partial charge in [-0.2, -0.15) is 0 Å². The Morgan fingerprint density at radius 2 is 1.43 bits per heavy atom. The highest BCUT2D eigenvalue weighted by molar-refractivity contribution is 6.07. The van der Waals surface area contributed by atoms with E-state index in [9.17, 15) is 5.11 Å². The Bertz CT molecular complexity index is 2000. The maximum absolute atomic E-state index is 11.0. The molecule has 0 aliphatic carbocycles. The lowest BCUT2D eigenvalue weighted by Gasteiger charge is -2.14. The zero-order valence-corrected chi connectivity index (χ0v) is 23.7. The summed E-state index contributed by atoms with van der Waals surface area (Å²) in [6.07, 6.45) is 2.76. The Labute approximate surface area is 245 Å². The second-order valence-electron chi connectivity index (χ2n) is 11.2. The van der Waals surface area contributed by atoms with Gasteiger partial charge in [-0.05, 0) is 83.6 Å². The minimum Gasteiger partial charge on any atom is -0.507 e. The first-order chi connectivity index (χ1) is 20.5. The van der Waals surface area contributed by atoms with Gasteiger partial charge in [0, 0.05) is 33.8 Å². The van der Waals surface area contributed by atoms with Gasteiger partial charge in [0.25, 0.3) is 0 Å². The van der Waals surface area contributed by atoms with Crippen molar-refractivity contribution >= 4 is 21.9 Å². The van der Waals surface area contributed by atoms with Crippen LogP contribution in [0, 0.1) is 5.92 Å². The van der Waals surface area contributed by atoms with E-state index in [1.54, 1.807) is 6.07 Å². The Morgan fingerprint density at radius 1 is 0.667 bits per heavy atom. The van der Waals surface area contributed by atoms with Gasteiger partial charge >= 0.3 is 0 Å². The fourth-order valence-corrected chi connectivity index (χ4v) is 5.88. The number of rotatable bonds is 6. The van der Waals surface area contributed by atoms with E-state index < -0.39 is 0 Å². The van der Waals surface area contributed by atoms with Crippen LogP contribution in [0.1, 0.15) is 19.4 Å². The van der Waals surface area contributed by atoms with Gasteiger partial charge in [-0.3, -0.25) is 4.57 Å². The summed E-state index contributed by atoms with van der Waals surface area (Å²) in [7, 11) is 0. The number of pyridine rings is 2. The number of phenolic OH excluding ortho intramolecular Hbond substituents is 1. The van der Waals surface area contributed by atoms with E-state index in [1.807, 2.05) is 42.6 Å². The van der Waals surface area contributed by atoms with Gasteiger partial charge in [0.1, 0.15) is 11.4 Å². The molecule has 0 aliphatic rings. The molecule has 0 fully saturated rings. The topological polar surface area (TPSA) is 50.9 Å². The number of hydrogen-bond donors (Lipinski definition) is 1. The highest BCUT2D eigenvalue weighted by atomic mass is 16.3. The van der Waals surface area contributed by atoms with Crippen molar-refractivity contribution < 1.29 is 5.11 Å². The molecule has 204 valence electrons. The number of fused-ring (bicyclic) bond motifs is 3. The second kappa shape index (κ2) is 10.6. The molecule has 0 saturated carbocycles. The normalized spacial score (nSPS) is 11.5. The average Bonchev–Trinajstić information content (AvgIpc) is 3.36. The number of benzene rings is 4. The maximum Gasteiger partial charge on any atom is 0.145 e. The standard InChI is InChI=1S/C38H31N3O/c1-25(2)20-26-21-34(40-35(22-26)33-24-28(17-18-37(33)42)27-10-4-3-5-11-27)29-12-8-13-30(23-29)41-36-16-7-6-14-31(36)32-15-9-19-39-38(32)41/h3-19,21-25,42H,20H2,1-2H3. The third-order valence-electron chi connectivity index (χ3n) is 7.74. The van der Waals surface area contributed by atoms with Crippen molar-refractivity contribution in [1.82, 2.24) is 14.5 Å². The Kier molecular flexibility index (Phi) is 6.52. The van der Waals surface area contributed by atoms with Gasteiger partial charge in [0.05, 0.1) is 16.9 Å². The molecule has 0 bridgehead atoms. The number of phenols is 1. The molecule has 0 radical (unpaired) electrons. The number of nitrogens with zero attached hydrogens (tertiary/aromatic N) is 3. The monoisotopic (exact) mass is 545 g/mol. The van der Waals surface area contributed by atoms with Gasteiger partial charge < -0.3 is 5.11 Å². The molecule has 0 spiro atoms. The number of hydrogen-bond acceptors (Lipinski definition) is 3. The molecule has 3 aromatic heterocycles. The zero-order valence-electron chi connectivity index (χ0n) is 23.7. The molecule has 42 heavy (non-hydrogen) atoms.